The van der Waals surface area contributed by atoms with E-state index in [1.54, 1.807) is 6.08 Å². The van der Waals surface area contributed by atoms with Crippen LogP contribution in [0.25, 0.3) is 0 Å². The number of allylic oxidation sites excluding steroid dienone is 7. The molecule has 0 radical (unpaired) electrons. The minimum Gasteiger partial charge on any atom is -0.394 e. The van der Waals surface area contributed by atoms with Crippen molar-refractivity contribution in [1.82, 2.24) is 5.32 Å². The average molecular weight is 1130 g/mol. The summed E-state index contributed by atoms with van der Waals surface area (Å²) in [6.45, 7) is 3.81. The van der Waals surface area contributed by atoms with Crippen LogP contribution in [-0.4, -0.2) is 87.5 Å². The Balaban J connectivity index is 2.14. The Labute approximate surface area is 494 Å². The number of carbonyl (C=O) groups excluding carboxylic acids is 1. The maximum absolute atomic E-state index is 13.1. The minimum absolute atomic E-state index is 0.175. The highest BCUT2D eigenvalue weighted by Crippen LogP contribution is 2.23. The molecule has 1 heterocycles. The number of carbonyl (C=O) groups is 1. The Morgan fingerprint density at radius 3 is 1.09 bits per heavy atom. The van der Waals surface area contributed by atoms with Gasteiger partial charge in [-0.05, 0) is 57.8 Å². The summed E-state index contributed by atoms with van der Waals surface area (Å²) in [6.07, 6.45) is 75.0. The van der Waals surface area contributed by atoms with E-state index in [4.69, 9.17) is 9.47 Å². The molecule has 1 rings (SSSR count). The highest BCUT2D eigenvalue weighted by molar-refractivity contribution is 5.76. The molecule has 1 amide bonds. The van der Waals surface area contributed by atoms with Crippen LogP contribution in [0.4, 0.5) is 0 Å². The molecule has 0 aliphatic carbocycles. The van der Waals surface area contributed by atoms with Gasteiger partial charge in [0.1, 0.15) is 24.4 Å². The summed E-state index contributed by atoms with van der Waals surface area (Å²) >= 11 is 0. The molecular formula is C71H133NO8. The second-order valence-electron chi connectivity index (χ2n) is 24.3. The first-order valence-electron chi connectivity index (χ1n) is 34.9. The van der Waals surface area contributed by atoms with Crippen molar-refractivity contribution in [3.8, 4) is 0 Å². The quantitative estimate of drug-likeness (QED) is 0.0261. The standard InChI is InChI=1S/C71H133NO8/c1-3-5-7-9-11-13-15-17-19-21-23-25-27-29-31-32-33-35-36-38-40-42-44-46-48-50-52-54-56-58-60-65(74)64(63-79-71-70(78)69(77)68(76)66(62-73)80-71)72-67(75)61-59-57-55-53-51-49-47-45-43-41-39-37-34-30-28-26-24-22-20-18-16-14-12-10-8-6-4-2/h16,18,22,24,28,30,58,60,64-66,68-71,73-74,76-78H,3-15,17,19-21,23,25-27,29,31-57,59,61-63H2,1-2H3,(H,72,75)/b18-16-,24-22-,30-28-,60-58+. The predicted molar refractivity (Wildman–Crippen MR) is 341 cm³/mol. The molecule has 9 nitrogen and oxygen atoms in total. The summed E-state index contributed by atoms with van der Waals surface area (Å²) in [5.41, 5.74) is 0. The topological polar surface area (TPSA) is 149 Å². The SMILES string of the molecule is CCCCCCC/C=C\C/C=C\C/C=C\CCCCCCCCCCCCCCC(=O)NC(COC1OC(CO)C(O)C(O)C1O)C(O)/C=C/CCCCCCCCCCCCCCCCCCCCCCCCCCCCCC. The Morgan fingerprint density at radius 1 is 0.425 bits per heavy atom. The van der Waals surface area contributed by atoms with Crippen molar-refractivity contribution in [2.45, 2.75) is 384 Å². The molecule has 7 atom stereocenters. The number of hydrogen-bond donors (Lipinski definition) is 6. The zero-order valence-corrected chi connectivity index (χ0v) is 52.6. The van der Waals surface area contributed by atoms with Crippen molar-refractivity contribution in [3.05, 3.63) is 48.6 Å². The lowest BCUT2D eigenvalue weighted by molar-refractivity contribution is -0.302. The number of hydrogen-bond acceptors (Lipinski definition) is 8. The number of aliphatic hydroxyl groups is 5. The predicted octanol–water partition coefficient (Wildman–Crippen LogP) is 18.8. The second-order valence-corrected chi connectivity index (χ2v) is 24.3. The summed E-state index contributed by atoms with van der Waals surface area (Å²) in [7, 11) is 0. The van der Waals surface area contributed by atoms with Gasteiger partial charge in [0.2, 0.25) is 5.91 Å². The molecule has 1 aliphatic heterocycles. The van der Waals surface area contributed by atoms with E-state index in [0.717, 1.165) is 51.4 Å². The second kappa shape index (κ2) is 60.3. The number of nitrogens with one attached hydrogen (secondary N) is 1. The molecule has 1 fully saturated rings. The molecule has 0 aromatic rings. The third-order valence-electron chi connectivity index (χ3n) is 16.6. The highest BCUT2D eigenvalue weighted by Gasteiger charge is 2.44. The minimum atomic E-state index is -1.57. The first kappa shape index (κ1) is 76.2. The van der Waals surface area contributed by atoms with E-state index in [0.29, 0.717) is 6.42 Å². The van der Waals surface area contributed by atoms with Crippen LogP contribution in [-0.2, 0) is 14.3 Å². The molecule has 9 heteroatoms. The number of unbranched alkanes of at least 4 members (excludes halogenated alkanes) is 45. The fourth-order valence-corrected chi connectivity index (χ4v) is 11.2. The van der Waals surface area contributed by atoms with Gasteiger partial charge in [-0.15, -0.1) is 0 Å². The van der Waals surface area contributed by atoms with Gasteiger partial charge in [0.15, 0.2) is 6.29 Å². The van der Waals surface area contributed by atoms with E-state index < -0.39 is 49.5 Å². The Morgan fingerprint density at radius 2 is 0.738 bits per heavy atom. The normalized spacial score (nSPS) is 18.7. The van der Waals surface area contributed by atoms with E-state index in [-0.39, 0.29) is 12.5 Å². The fourth-order valence-electron chi connectivity index (χ4n) is 11.2. The van der Waals surface area contributed by atoms with Crippen molar-refractivity contribution in [1.29, 1.82) is 0 Å². The largest absolute Gasteiger partial charge is 0.394 e. The smallest absolute Gasteiger partial charge is 0.220 e. The van der Waals surface area contributed by atoms with Crippen molar-refractivity contribution in [2.75, 3.05) is 13.2 Å². The first-order chi connectivity index (χ1) is 39.3. The van der Waals surface area contributed by atoms with Crippen LogP contribution in [0.5, 0.6) is 0 Å². The number of rotatable bonds is 61. The van der Waals surface area contributed by atoms with Crippen molar-refractivity contribution in [2.24, 2.45) is 0 Å². The first-order valence-corrected chi connectivity index (χ1v) is 34.9. The van der Waals surface area contributed by atoms with Crippen LogP contribution in [0.2, 0.25) is 0 Å². The van der Waals surface area contributed by atoms with E-state index in [1.807, 2.05) is 6.08 Å². The summed E-state index contributed by atoms with van der Waals surface area (Å²) in [6, 6.07) is -0.809. The molecule has 0 bridgehead atoms. The average Bonchev–Trinajstić information content (AvgIpc) is 3.46. The molecule has 0 spiro atoms. The van der Waals surface area contributed by atoms with Gasteiger partial charge in [0, 0.05) is 6.42 Å². The molecule has 80 heavy (non-hydrogen) atoms. The van der Waals surface area contributed by atoms with Gasteiger partial charge in [-0.3, -0.25) is 4.79 Å². The zero-order chi connectivity index (χ0) is 57.9. The monoisotopic (exact) mass is 1130 g/mol. The molecular weight excluding hydrogens is 995 g/mol. The van der Waals surface area contributed by atoms with Gasteiger partial charge in [0.05, 0.1) is 25.4 Å². The molecule has 6 N–H and O–H groups in total. The maximum atomic E-state index is 13.1. The molecule has 0 saturated carbocycles. The summed E-state index contributed by atoms with van der Waals surface area (Å²) in [5.74, 6) is -0.175. The van der Waals surface area contributed by atoms with Crippen molar-refractivity contribution < 1.29 is 39.8 Å². The Hall–Kier alpha value is -1.85. The summed E-state index contributed by atoms with van der Waals surface area (Å²) in [4.78, 5) is 13.1. The third-order valence-corrected chi connectivity index (χ3v) is 16.6. The number of aliphatic hydroxyl groups excluding tert-OH is 5. The van der Waals surface area contributed by atoms with Gasteiger partial charge in [-0.25, -0.2) is 0 Å². The van der Waals surface area contributed by atoms with Crippen LogP contribution in [0, 0.1) is 0 Å². The van der Waals surface area contributed by atoms with Crippen molar-refractivity contribution >= 4 is 5.91 Å². The van der Waals surface area contributed by atoms with Crippen LogP contribution in [0.15, 0.2) is 48.6 Å². The lowest BCUT2D eigenvalue weighted by atomic mass is 9.99. The van der Waals surface area contributed by atoms with E-state index in [9.17, 15) is 30.3 Å². The molecule has 0 aromatic heterocycles. The van der Waals surface area contributed by atoms with E-state index in [1.165, 1.54) is 270 Å². The van der Waals surface area contributed by atoms with Gasteiger partial charge >= 0.3 is 0 Å². The Bertz CT molecular complexity index is 1400. The third kappa shape index (κ3) is 48.5. The molecule has 0 aromatic carbocycles. The van der Waals surface area contributed by atoms with Gasteiger partial charge in [-0.2, -0.15) is 0 Å². The zero-order valence-electron chi connectivity index (χ0n) is 52.6. The lowest BCUT2D eigenvalue weighted by Gasteiger charge is -2.40. The maximum Gasteiger partial charge on any atom is 0.220 e. The van der Waals surface area contributed by atoms with Crippen LogP contribution < -0.4 is 5.32 Å². The summed E-state index contributed by atoms with van der Waals surface area (Å²) < 4.78 is 11.3. The molecule has 1 saturated heterocycles. The lowest BCUT2D eigenvalue weighted by Crippen LogP contribution is -2.60. The van der Waals surface area contributed by atoms with Crippen molar-refractivity contribution in [3.63, 3.8) is 0 Å². The van der Waals surface area contributed by atoms with Gasteiger partial charge in [-0.1, -0.05) is 326 Å². The van der Waals surface area contributed by atoms with E-state index >= 15 is 0 Å². The fraction of sp³-hybridized carbons (Fsp3) is 0.873. The molecule has 470 valence electrons. The van der Waals surface area contributed by atoms with Gasteiger partial charge in [0.25, 0.3) is 0 Å². The highest BCUT2D eigenvalue weighted by atomic mass is 16.7. The Kier molecular flexibility index (Phi) is 57.4. The van der Waals surface area contributed by atoms with E-state index in [2.05, 4.69) is 55.6 Å². The van der Waals surface area contributed by atoms with Crippen LogP contribution >= 0.6 is 0 Å². The molecule has 1 aliphatic rings. The summed E-state index contributed by atoms with van der Waals surface area (Å²) in [5, 5.41) is 54.8. The molecule has 7 unspecified atom stereocenters. The number of ether oxygens (including phenoxy) is 2. The van der Waals surface area contributed by atoms with Crippen LogP contribution in [0.3, 0.4) is 0 Å². The van der Waals surface area contributed by atoms with Gasteiger partial charge < -0.3 is 40.3 Å². The van der Waals surface area contributed by atoms with Crippen LogP contribution in [0.1, 0.15) is 341 Å². The number of amides is 1.